The Hall–Kier alpha value is -1.46. The van der Waals surface area contributed by atoms with E-state index in [4.69, 9.17) is 9.47 Å². The molecule has 1 aromatic carbocycles. The number of piperidine rings is 1. The number of rotatable bonds is 8. The second-order valence-corrected chi connectivity index (χ2v) is 6.92. The van der Waals surface area contributed by atoms with Crippen molar-refractivity contribution in [3.05, 3.63) is 23.8 Å². The van der Waals surface area contributed by atoms with Gasteiger partial charge in [0.05, 0.1) is 19.8 Å². The van der Waals surface area contributed by atoms with Gasteiger partial charge in [0.1, 0.15) is 0 Å². The number of halogens is 1. The maximum absolute atomic E-state index is 12.5. The fourth-order valence-electron chi connectivity index (χ4n) is 3.18. The van der Waals surface area contributed by atoms with Crippen molar-refractivity contribution in [1.29, 1.82) is 0 Å². The van der Waals surface area contributed by atoms with E-state index < -0.39 is 0 Å². The molecule has 2 rings (SSSR count). The first-order valence-electron chi connectivity index (χ1n) is 9.39. The molecule has 0 bridgehead atoms. The zero-order chi connectivity index (χ0) is 18.2. The van der Waals surface area contributed by atoms with E-state index in [9.17, 15) is 4.79 Å². The lowest BCUT2D eigenvalue weighted by molar-refractivity contribution is -0.126. The molecule has 1 saturated heterocycles. The first-order valence-corrected chi connectivity index (χ1v) is 9.39. The number of amides is 1. The Balaban J connectivity index is 0.00000338. The minimum atomic E-state index is -0.0590. The van der Waals surface area contributed by atoms with E-state index in [-0.39, 0.29) is 30.3 Å². The third kappa shape index (κ3) is 6.36. The van der Waals surface area contributed by atoms with E-state index >= 15 is 0 Å². The second kappa shape index (κ2) is 11.3. The molecule has 1 unspecified atom stereocenters. The molecule has 1 heterocycles. The predicted octanol–water partition coefficient (Wildman–Crippen LogP) is 3.86. The van der Waals surface area contributed by atoms with Crippen LogP contribution in [0, 0.1) is 5.92 Å². The lowest BCUT2D eigenvalue weighted by Crippen LogP contribution is -2.42. The van der Waals surface area contributed by atoms with Crippen molar-refractivity contribution < 1.29 is 14.3 Å². The third-order valence-electron chi connectivity index (χ3n) is 4.80. The highest BCUT2D eigenvalue weighted by Gasteiger charge is 2.25. The summed E-state index contributed by atoms with van der Waals surface area (Å²) in [6, 6.07) is 6.23. The van der Waals surface area contributed by atoms with Gasteiger partial charge in [0.25, 0.3) is 0 Å². The first kappa shape index (κ1) is 22.6. The fourth-order valence-corrected chi connectivity index (χ4v) is 3.18. The van der Waals surface area contributed by atoms with Crippen LogP contribution in [0.2, 0.25) is 0 Å². The van der Waals surface area contributed by atoms with Crippen LogP contribution in [0.3, 0.4) is 0 Å². The maximum Gasteiger partial charge on any atom is 0.223 e. The zero-order valence-electron chi connectivity index (χ0n) is 16.3. The molecule has 148 valence electrons. The summed E-state index contributed by atoms with van der Waals surface area (Å²) in [4.78, 5) is 12.5. The largest absolute Gasteiger partial charge is 0.493 e. The van der Waals surface area contributed by atoms with Crippen LogP contribution < -0.4 is 20.1 Å². The van der Waals surface area contributed by atoms with Gasteiger partial charge in [-0.15, -0.1) is 12.4 Å². The van der Waals surface area contributed by atoms with Crippen LogP contribution in [-0.4, -0.2) is 32.2 Å². The van der Waals surface area contributed by atoms with Gasteiger partial charge in [0.2, 0.25) is 5.91 Å². The maximum atomic E-state index is 12.5. The van der Waals surface area contributed by atoms with Gasteiger partial charge in [0.15, 0.2) is 11.5 Å². The first-order chi connectivity index (χ1) is 12.0. The molecule has 1 aromatic rings. The molecule has 0 saturated carbocycles. The highest BCUT2D eigenvalue weighted by atomic mass is 35.5. The summed E-state index contributed by atoms with van der Waals surface area (Å²) < 4.78 is 11.2. The predicted molar refractivity (Wildman–Crippen MR) is 107 cm³/mol. The van der Waals surface area contributed by atoms with E-state index in [1.165, 1.54) is 0 Å². The molecular weight excluding hydrogens is 352 g/mol. The number of hydrogen-bond donors (Lipinski definition) is 2. The van der Waals surface area contributed by atoms with Crippen LogP contribution in [0.15, 0.2) is 18.2 Å². The normalized spacial score (nSPS) is 20.6. The molecular formula is C20H33ClN2O3. The molecule has 6 heteroatoms. The lowest BCUT2D eigenvalue weighted by atomic mass is 9.92. The molecule has 0 spiro atoms. The topological polar surface area (TPSA) is 59.6 Å². The monoisotopic (exact) mass is 384 g/mol. The molecule has 2 N–H and O–H groups in total. The number of ether oxygens (including phenoxy) is 2. The average Bonchev–Trinajstić information content (AvgIpc) is 2.62. The Kier molecular flexibility index (Phi) is 9.81. The average molecular weight is 385 g/mol. The van der Waals surface area contributed by atoms with Crippen LogP contribution in [0.25, 0.3) is 0 Å². The van der Waals surface area contributed by atoms with Gasteiger partial charge in [0, 0.05) is 12.0 Å². The number of unbranched alkanes of at least 4 members (excludes halogenated alkanes) is 1. The summed E-state index contributed by atoms with van der Waals surface area (Å²) in [5, 5.41) is 6.53. The molecule has 0 aliphatic carbocycles. The Bertz CT molecular complexity index is 568. The smallest absolute Gasteiger partial charge is 0.223 e. The molecule has 1 amide bonds. The number of carbonyl (C=O) groups is 1. The van der Waals surface area contributed by atoms with Crippen LogP contribution in [0.1, 0.15) is 58.1 Å². The van der Waals surface area contributed by atoms with Gasteiger partial charge in [-0.2, -0.15) is 0 Å². The van der Waals surface area contributed by atoms with Crippen LogP contribution in [-0.2, 0) is 4.79 Å². The minimum absolute atomic E-state index is 0. The molecule has 26 heavy (non-hydrogen) atoms. The highest BCUT2D eigenvalue weighted by molar-refractivity contribution is 5.85. The summed E-state index contributed by atoms with van der Waals surface area (Å²) in [7, 11) is 1.64. The van der Waals surface area contributed by atoms with Gasteiger partial charge in [-0.3, -0.25) is 4.79 Å². The Morgan fingerprint density at radius 1 is 1.38 bits per heavy atom. The van der Waals surface area contributed by atoms with Crippen molar-refractivity contribution in [3.8, 4) is 11.5 Å². The summed E-state index contributed by atoms with van der Waals surface area (Å²) in [5.41, 5.74) is 1.02. The van der Waals surface area contributed by atoms with Crippen molar-refractivity contribution in [1.82, 2.24) is 10.6 Å². The van der Waals surface area contributed by atoms with E-state index in [1.807, 2.05) is 25.1 Å². The van der Waals surface area contributed by atoms with Crippen molar-refractivity contribution in [3.63, 3.8) is 0 Å². The fraction of sp³-hybridized carbons (Fsp3) is 0.650. The second-order valence-electron chi connectivity index (χ2n) is 6.92. The van der Waals surface area contributed by atoms with Gasteiger partial charge in [-0.25, -0.2) is 0 Å². The summed E-state index contributed by atoms with van der Waals surface area (Å²) in [5.74, 6) is 1.70. The van der Waals surface area contributed by atoms with E-state index in [2.05, 4.69) is 24.5 Å². The molecule has 1 aliphatic rings. The van der Waals surface area contributed by atoms with Gasteiger partial charge < -0.3 is 20.1 Å². The molecule has 3 atom stereocenters. The van der Waals surface area contributed by atoms with Crippen LogP contribution in [0.4, 0.5) is 0 Å². The van der Waals surface area contributed by atoms with E-state index in [0.29, 0.717) is 18.4 Å². The number of methoxy groups -OCH3 is 1. The molecule has 5 nitrogen and oxygen atoms in total. The number of nitrogens with one attached hydrogen (secondary N) is 2. The van der Waals surface area contributed by atoms with Crippen LogP contribution in [0.5, 0.6) is 11.5 Å². The number of benzene rings is 1. The molecule has 1 fully saturated rings. The standard InChI is InChI=1S/C20H32N2O3.ClH/c1-5-6-11-25-18-8-7-16(13-19(18)24-4)15(3)22-20(23)17-9-10-21-14(2)12-17;/h7-8,13-15,17,21H,5-6,9-12H2,1-4H3,(H,22,23);1H/t14-,15?,17-;/m0./s1. The molecule has 0 radical (unpaired) electrons. The molecule has 1 aliphatic heterocycles. The SMILES string of the molecule is CCCCOc1ccc(C(C)NC(=O)[C@H]2CCN[C@@H](C)C2)cc1OC.Cl. The number of hydrogen-bond acceptors (Lipinski definition) is 4. The van der Waals surface area contributed by atoms with Gasteiger partial charge >= 0.3 is 0 Å². The highest BCUT2D eigenvalue weighted by Crippen LogP contribution is 2.30. The van der Waals surface area contributed by atoms with E-state index in [0.717, 1.165) is 43.5 Å². The molecule has 0 aromatic heterocycles. The van der Waals surface area contributed by atoms with E-state index in [1.54, 1.807) is 7.11 Å². The van der Waals surface area contributed by atoms with Crippen molar-refractivity contribution in [2.24, 2.45) is 5.92 Å². The summed E-state index contributed by atoms with van der Waals surface area (Å²) >= 11 is 0. The third-order valence-corrected chi connectivity index (χ3v) is 4.80. The summed E-state index contributed by atoms with van der Waals surface area (Å²) in [6.07, 6.45) is 3.91. The van der Waals surface area contributed by atoms with Crippen molar-refractivity contribution in [2.45, 2.75) is 58.5 Å². The van der Waals surface area contributed by atoms with Gasteiger partial charge in [-0.05, 0) is 57.4 Å². The van der Waals surface area contributed by atoms with Gasteiger partial charge in [-0.1, -0.05) is 19.4 Å². The quantitative estimate of drug-likeness (QED) is 0.668. The summed E-state index contributed by atoms with van der Waals surface area (Å²) in [6.45, 7) is 7.87. The van der Waals surface area contributed by atoms with Crippen molar-refractivity contribution in [2.75, 3.05) is 20.3 Å². The number of carbonyl (C=O) groups excluding carboxylic acids is 1. The minimum Gasteiger partial charge on any atom is -0.493 e. The van der Waals surface area contributed by atoms with Crippen LogP contribution >= 0.6 is 12.4 Å². The Labute approximate surface area is 163 Å². The van der Waals surface area contributed by atoms with Crippen molar-refractivity contribution >= 4 is 18.3 Å². The zero-order valence-corrected chi connectivity index (χ0v) is 17.2. The Morgan fingerprint density at radius 2 is 2.15 bits per heavy atom. The lowest BCUT2D eigenvalue weighted by Gasteiger charge is -2.28. The Morgan fingerprint density at radius 3 is 2.81 bits per heavy atom.